The number of pyridine rings is 1. The Hall–Kier alpha value is -3.29. The quantitative estimate of drug-likeness (QED) is 0.349. The Morgan fingerprint density at radius 2 is 1.67 bits per heavy atom. The lowest BCUT2D eigenvalue weighted by Gasteiger charge is -2.15. The van der Waals surface area contributed by atoms with Gasteiger partial charge in [0.1, 0.15) is 0 Å². The molecular formula is C26H32N4O3. The van der Waals surface area contributed by atoms with Gasteiger partial charge < -0.3 is 29.4 Å². The van der Waals surface area contributed by atoms with Crippen LogP contribution in [0.25, 0.3) is 33.1 Å². The maximum absolute atomic E-state index is 5.59. The van der Waals surface area contributed by atoms with E-state index in [2.05, 4.69) is 53.6 Å². The summed E-state index contributed by atoms with van der Waals surface area (Å²) in [6.45, 7) is 2.68. The van der Waals surface area contributed by atoms with Crippen LogP contribution < -0.4 is 19.5 Å². The largest absolute Gasteiger partial charge is 0.493 e. The molecule has 0 saturated heterocycles. The number of hydrogen-bond acceptors (Lipinski definition) is 6. The van der Waals surface area contributed by atoms with Gasteiger partial charge in [0.15, 0.2) is 11.5 Å². The van der Waals surface area contributed by atoms with Crippen LogP contribution in [0.2, 0.25) is 0 Å². The third kappa shape index (κ3) is 4.74. The van der Waals surface area contributed by atoms with Crippen molar-refractivity contribution >= 4 is 21.8 Å². The summed E-state index contributed by atoms with van der Waals surface area (Å²) in [5.74, 6) is 1.77. The molecule has 0 radical (unpaired) electrons. The van der Waals surface area contributed by atoms with Gasteiger partial charge in [-0.15, -0.1) is 0 Å². The number of aromatic nitrogens is 2. The van der Waals surface area contributed by atoms with E-state index in [1.807, 2.05) is 18.2 Å². The molecule has 0 aliphatic heterocycles. The number of H-pyrrole nitrogens is 1. The van der Waals surface area contributed by atoms with Gasteiger partial charge in [-0.3, -0.25) is 0 Å². The molecule has 0 aliphatic carbocycles. The molecule has 0 atom stereocenters. The van der Waals surface area contributed by atoms with Crippen LogP contribution in [0.5, 0.6) is 17.2 Å². The van der Waals surface area contributed by atoms with Crippen LogP contribution in [0.3, 0.4) is 0 Å². The highest BCUT2D eigenvalue weighted by atomic mass is 16.5. The average Bonchev–Trinajstić information content (AvgIpc) is 3.20. The van der Waals surface area contributed by atoms with Crippen molar-refractivity contribution in [2.75, 3.05) is 48.5 Å². The van der Waals surface area contributed by atoms with E-state index in [4.69, 9.17) is 19.2 Å². The molecular weight excluding hydrogens is 416 g/mol. The predicted octanol–water partition coefficient (Wildman–Crippen LogP) is 4.45. The van der Waals surface area contributed by atoms with Crippen molar-refractivity contribution in [1.82, 2.24) is 20.2 Å². The van der Waals surface area contributed by atoms with Crippen molar-refractivity contribution in [2.24, 2.45) is 0 Å². The van der Waals surface area contributed by atoms with Crippen LogP contribution in [0.15, 0.2) is 42.5 Å². The van der Waals surface area contributed by atoms with Gasteiger partial charge in [-0.1, -0.05) is 18.2 Å². The second-order valence-electron chi connectivity index (χ2n) is 8.30. The Balaban J connectivity index is 1.81. The summed E-state index contributed by atoms with van der Waals surface area (Å²) >= 11 is 0. The van der Waals surface area contributed by atoms with Crippen molar-refractivity contribution in [2.45, 2.75) is 13.0 Å². The molecule has 7 heteroatoms. The van der Waals surface area contributed by atoms with Crippen LogP contribution in [0.1, 0.15) is 12.1 Å². The van der Waals surface area contributed by atoms with E-state index in [-0.39, 0.29) is 0 Å². The highest BCUT2D eigenvalue weighted by molar-refractivity contribution is 6.11. The molecule has 174 valence electrons. The van der Waals surface area contributed by atoms with E-state index in [0.29, 0.717) is 23.8 Å². The predicted molar refractivity (Wildman–Crippen MR) is 134 cm³/mol. The minimum absolute atomic E-state index is 0.565. The van der Waals surface area contributed by atoms with Crippen LogP contribution in [-0.4, -0.2) is 63.4 Å². The van der Waals surface area contributed by atoms with Crippen molar-refractivity contribution < 1.29 is 14.2 Å². The van der Waals surface area contributed by atoms with E-state index in [1.165, 1.54) is 5.39 Å². The Labute approximate surface area is 194 Å². The number of para-hydroxylation sites is 1. The maximum Gasteiger partial charge on any atom is 0.203 e. The SMILES string of the molecule is COc1cc(-c2nc(CNCCCN(C)C)cc3c2[nH]c2ccccc23)cc(OC)c1OC. The lowest BCUT2D eigenvalue weighted by Crippen LogP contribution is -2.21. The topological polar surface area (TPSA) is 71.6 Å². The van der Waals surface area contributed by atoms with Gasteiger partial charge in [0, 0.05) is 28.4 Å². The smallest absolute Gasteiger partial charge is 0.203 e. The Morgan fingerprint density at radius 1 is 0.939 bits per heavy atom. The van der Waals surface area contributed by atoms with Crippen molar-refractivity contribution in [3.63, 3.8) is 0 Å². The van der Waals surface area contributed by atoms with Gasteiger partial charge in [-0.2, -0.15) is 0 Å². The number of hydrogen-bond donors (Lipinski definition) is 2. The number of benzene rings is 2. The highest BCUT2D eigenvalue weighted by Gasteiger charge is 2.19. The lowest BCUT2D eigenvalue weighted by molar-refractivity contribution is 0.324. The first-order valence-corrected chi connectivity index (χ1v) is 11.1. The molecule has 0 bridgehead atoms. The minimum atomic E-state index is 0.565. The zero-order valence-corrected chi connectivity index (χ0v) is 20.0. The lowest BCUT2D eigenvalue weighted by atomic mass is 10.1. The number of nitrogens with one attached hydrogen (secondary N) is 2. The van der Waals surface area contributed by atoms with Gasteiger partial charge in [-0.05, 0) is 57.9 Å². The van der Waals surface area contributed by atoms with Crippen LogP contribution >= 0.6 is 0 Å². The monoisotopic (exact) mass is 448 g/mol. The van der Waals surface area contributed by atoms with Crippen LogP contribution in [-0.2, 0) is 6.54 Å². The first-order valence-electron chi connectivity index (χ1n) is 11.1. The zero-order valence-electron chi connectivity index (χ0n) is 20.0. The fourth-order valence-electron chi connectivity index (χ4n) is 4.15. The molecule has 2 aromatic heterocycles. The van der Waals surface area contributed by atoms with Crippen molar-refractivity contribution in [3.8, 4) is 28.5 Å². The van der Waals surface area contributed by atoms with Gasteiger partial charge >= 0.3 is 0 Å². The van der Waals surface area contributed by atoms with Gasteiger partial charge in [-0.25, -0.2) is 4.98 Å². The highest BCUT2D eigenvalue weighted by Crippen LogP contribution is 2.42. The number of rotatable bonds is 10. The number of aromatic amines is 1. The molecule has 0 unspecified atom stereocenters. The van der Waals surface area contributed by atoms with Crippen LogP contribution in [0.4, 0.5) is 0 Å². The molecule has 2 aromatic carbocycles. The van der Waals surface area contributed by atoms with Crippen molar-refractivity contribution in [1.29, 1.82) is 0 Å². The van der Waals surface area contributed by atoms with E-state index in [1.54, 1.807) is 21.3 Å². The molecule has 0 saturated carbocycles. The Bertz CT molecular complexity index is 1220. The van der Waals surface area contributed by atoms with Gasteiger partial charge in [0.25, 0.3) is 0 Å². The molecule has 33 heavy (non-hydrogen) atoms. The second kappa shape index (κ2) is 10.1. The molecule has 4 aromatic rings. The molecule has 0 amide bonds. The summed E-state index contributed by atoms with van der Waals surface area (Å²) < 4.78 is 16.7. The zero-order chi connectivity index (χ0) is 23.4. The molecule has 0 aliphatic rings. The second-order valence-corrected chi connectivity index (χ2v) is 8.30. The standard InChI is InChI=1S/C26H32N4O3/c1-30(2)12-8-11-27-16-18-15-20-19-9-6-7-10-21(19)29-25(20)24(28-18)17-13-22(31-3)26(33-5)23(14-17)32-4/h6-7,9-10,13-15,27,29H,8,11-12,16H2,1-5H3. The molecule has 7 nitrogen and oxygen atoms in total. The third-order valence-electron chi connectivity index (χ3n) is 5.75. The number of nitrogens with zero attached hydrogens (tertiary/aromatic N) is 2. The van der Waals surface area contributed by atoms with Gasteiger partial charge in [0.2, 0.25) is 5.75 Å². The maximum atomic E-state index is 5.59. The fourth-order valence-corrected chi connectivity index (χ4v) is 4.15. The Morgan fingerprint density at radius 3 is 2.33 bits per heavy atom. The van der Waals surface area contributed by atoms with E-state index in [9.17, 15) is 0 Å². The summed E-state index contributed by atoms with van der Waals surface area (Å²) in [7, 11) is 9.05. The summed E-state index contributed by atoms with van der Waals surface area (Å²) in [5.41, 5.74) is 4.81. The number of ether oxygens (including phenoxy) is 3. The average molecular weight is 449 g/mol. The normalized spacial score (nSPS) is 11.5. The summed E-state index contributed by atoms with van der Waals surface area (Å²) in [6.07, 6.45) is 1.09. The molecule has 4 rings (SSSR count). The fraction of sp³-hybridized carbons (Fsp3) is 0.346. The van der Waals surface area contributed by atoms with Crippen molar-refractivity contribution in [3.05, 3.63) is 48.2 Å². The van der Waals surface area contributed by atoms with E-state index >= 15 is 0 Å². The molecule has 2 heterocycles. The van der Waals surface area contributed by atoms with Crippen LogP contribution in [0, 0.1) is 0 Å². The molecule has 0 spiro atoms. The first kappa shape index (κ1) is 22.9. The number of methoxy groups -OCH3 is 3. The number of fused-ring (bicyclic) bond motifs is 3. The summed E-state index contributed by atoms with van der Waals surface area (Å²) in [4.78, 5) is 10.8. The Kier molecular flexibility index (Phi) is 7.01. The molecule has 2 N–H and O–H groups in total. The summed E-state index contributed by atoms with van der Waals surface area (Å²) in [6, 6.07) is 14.4. The van der Waals surface area contributed by atoms with Gasteiger partial charge in [0.05, 0.1) is 38.2 Å². The summed E-state index contributed by atoms with van der Waals surface area (Å²) in [5, 5.41) is 5.86. The first-order chi connectivity index (χ1) is 16.0. The molecule has 0 fully saturated rings. The van der Waals surface area contributed by atoms with E-state index in [0.717, 1.165) is 52.9 Å². The third-order valence-corrected chi connectivity index (χ3v) is 5.75. The minimum Gasteiger partial charge on any atom is -0.493 e. The van der Waals surface area contributed by atoms with E-state index < -0.39 is 0 Å².